The lowest BCUT2D eigenvalue weighted by Gasteiger charge is -2.17. The van der Waals surface area contributed by atoms with Gasteiger partial charge in [0, 0.05) is 22.8 Å². The fourth-order valence-corrected chi connectivity index (χ4v) is 3.82. The second-order valence-corrected chi connectivity index (χ2v) is 8.28. The van der Waals surface area contributed by atoms with Gasteiger partial charge in [0.25, 0.3) is 15.9 Å². The van der Waals surface area contributed by atoms with E-state index >= 15 is 0 Å². The Kier molecular flexibility index (Phi) is 7.03. The number of nitrogens with zero attached hydrogens (tertiary/aromatic N) is 1. The summed E-state index contributed by atoms with van der Waals surface area (Å²) in [7, 11) is -0.0696. The Hall–Kier alpha value is -2.59. The number of benzene rings is 2. The molecule has 0 heterocycles. The molecule has 0 aliphatic rings. The van der Waals surface area contributed by atoms with E-state index in [0.717, 1.165) is 9.37 Å². The summed E-state index contributed by atoms with van der Waals surface area (Å²) in [6.07, 6.45) is 0. The van der Waals surface area contributed by atoms with Gasteiger partial charge in [-0.05, 0) is 42.5 Å². The minimum Gasteiger partial charge on any atom is -0.495 e. The van der Waals surface area contributed by atoms with Crippen LogP contribution >= 0.6 is 15.9 Å². The van der Waals surface area contributed by atoms with E-state index in [0.29, 0.717) is 5.69 Å². The molecule has 0 aliphatic carbocycles. The predicted octanol–water partition coefficient (Wildman–Crippen LogP) is 2.50. The number of likely N-dealkylation sites (N-methyl/N-ethyl adjacent to an activating group) is 1. The molecule has 0 aromatic heterocycles. The molecule has 8 nitrogen and oxygen atoms in total. The monoisotopic (exact) mass is 470 g/mol. The Balaban J connectivity index is 2.37. The van der Waals surface area contributed by atoms with Gasteiger partial charge >= 0.3 is 5.97 Å². The van der Waals surface area contributed by atoms with Crippen LogP contribution in [0.15, 0.2) is 51.8 Å². The molecule has 0 fully saturated rings. The fourth-order valence-electron chi connectivity index (χ4n) is 2.30. The molecule has 0 saturated carbocycles. The highest BCUT2D eigenvalue weighted by Crippen LogP contribution is 2.28. The van der Waals surface area contributed by atoms with Crippen LogP contribution in [0.3, 0.4) is 0 Å². The van der Waals surface area contributed by atoms with Crippen molar-refractivity contribution in [1.82, 2.24) is 4.90 Å². The van der Waals surface area contributed by atoms with Gasteiger partial charge in [-0.1, -0.05) is 15.9 Å². The van der Waals surface area contributed by atoms with Crippen molar-refractivity contribution in [2.45, 2.75) is 4.90 Å². The molecule has 1 N–H and O–H groups in total. The molecular weight excluding hydrogens is 452 g/mol. The normalized spacial score (nSPS) is 10.9. The number of nitrogens with one attached hydrogen (secondary N) is 1. The maximum atomic E-state index is 12.8. The van der Waals surface area contributed by atoms with Gasteiger partial charge in [0.2, 0.25) is 0 Å². The Bertz CT molecular complexity index is 976. The number of ether oxygens (including phenoxy) is 2. The van der Waals surface area contributed by atoms with Crippen molar-refractivity contribution in [3.8, 4) is 5.75 Å². The Morgan fingerprint density at radius 3 is 2.32 bits per heavy atom. The minimum atomic E-state index is -4.03. The molecule has 0 unspecified atom stereocenters. The third kappa shape index (κ3) is 5.23. The summed E-state index contributed by atoms with van der Waals surface area (Å²) in [6.45, 7) is -0.263. The first-order chi connectivity index (χ1) is 13.2. The molecule has 2 aromatic carbocycles. The number of hydrogen-bond donors (Lipinski definition) is 1. The number of hydrogen-bond acceptors (Lipinski definition) is 6. The summed E-state index contributed by atoms with van der Waals surface area (Å²) in [4.78, 5) is 24.8. The molecule has 2 aromatic rings. The SMILES string of the molecule is COC(=O)CN(C)C(=O)c1ccc(OC)c(S(=O)(=O)Nc2ccc(Br)cc2)c1. The van der Waals surface area contributed by atoms with E-state index in [2.05, 4.69) is 25.4 Å². The zero-order chi connectivity index (χ0) is 20.9. The lowest BCUT2D eigenvalue weighted by Crippen LogP contribution is -2.32. The summed E-state index contributed by atoms with van der Waals surface area (Å²) >= 11 is 3.28. The molecule has 10 heteroatoms. The molecular formula is C18H19BrN2O6S. The molecule has 0 spiro atoms. The summed E-state index contributed by atoms with van der Waals surface area (Å²) in [6, 6.07) is 10.6. The van der Waals surface area contributed by atoms with Gasteiger partial charge in [0.15, 0.2) is 0 Å². The van der Waals surface area contributed by atoms with Crippen molar-refractivity contribution in [1.29, 1.82) is 0 Å². The Morgan fingerprint density at radius 2 is 1.75 bits per heavy atom. The first kappa shape index (κ1) is 21.7. The quantitative estimate of drug-likeness (QED) is 0.623. The van der Waals surface area contributed by atoms with Crippen LogP contribution in [0.2, 0.25) is 0 Å². The second kappa shape index (κ2) is 9.07. The van der Waals surface area contributed by atoms with Crippen molar-refractivity contribution >= 4 is 43.5 Å². The van der Waals surface area contributed by atoms with Gasteiger partial charge in [-0.25, -0.2) is 8.42 Å². The number of carbonyl (C=O) groups is 2. The highest BCUT2D eigenvalue weighted by atomic mass is 79.9. The molecule has 150 valence electrons. The van der Waals surface area contributed by atoms with Gasteiger partial charge in [-0.3, -0.25) is 14.3 Å². The summed E-state index contributed by atoms with van der Waals surface area (Å²) in [5, 5.41) is 0. The van der Waals surface area contributed by atoms with Gasteiger partial charge < -0.3 is 14.4 Å². The Labute approximate surface area is 171 Å². The smallest absolute Gasteiger partial charge is 0.325 e. The first-order valence-corrected chi connectivity index (χ1v) is 10.2. The molecule has 0 saturated heterocycles. The number of amides is 1. The van der Waals surface area contributed by atoms with E-state index in [4.69, 9.17) is 4.74 Å². The number of rotatable bonds is 7. The van der Waals surface area contributed by atoms with E-state index in [1.165, 1.54) is 39.5 Å². The van der Waals surface area contributed by atoms with Crippen LogP contribution < -0.4 is 9.46 Å². The van der Waals surface area contributed by atoms with Gasteiger partial charge in [-0.2, -0.15) is 0 Å². The third-order valence-electron chi connectivity index (χ3n) is 3.74. The Morgan fingerprint density at radius 1 is 1.11 bits per heavy atom. The molecule has 1 amide bonds. The average Bonchev–Trinajstić information content (AvgIpc) is 2.68. The van der Waals surface area contributed by atoms with Crippen LogP contribution in [-0.2, 0) is 19.6 Å². The van der Waals surface area contributed by atoms with Crippen LogP contribution in [-0.4, -0.2) is 53.0 Å². The number of halogens is 1. The molecule has 28 heavy (non-hydrogen) atoms. The van der Waals surface area contributed by atoms with Crippen molar-refractivity contribution < 1.29 is 27.5 Å². The van der Waals surface area contributed by atoms with E-state index in [-0.39, 0.29) is 22.8 Å². The lowest BCUT2D eigenvalue weighted by molar-refractivity contribution is -0.141. The summed E-state index contributed by atoms with van der Waals surface area (Å²) < 4.78 is 38.6. The zero-order valence-electron chi connectivity index (χ0n) is 15.4. The van der Waals surface area contributed by atoms with Gasteiger partial charge in [-0.15, -0.1) is 0 Å². The van der Waals surface area contributed by atoms with E-state index in [1.54, 1.807) is 24.3 Å². The number of carbonyl (C=O) groups excluding carboxylic acids is 2. The van der Waals surface area contributed by atoms with Crippen LogP contribution in [0.5, 0.6) is 5.75 Å². The topological polar surface area (TPSA) is 102 Å². The molecule has 0 aliphatic heterocycles. The van der Waals surface area contributed by atoms with Crippen LogP contribution in [0, 0.1) is 0 Å². The van der Waals surface area contributed by atoms with E-state index < -0.39 is 21.9 Å². The van der Waals surface area contributed by atoms with Gasteiger partial charge in [0.05, 0.1) is 14.2 Å². The number of anilines is 1. The number of sulfonamides is 1. The highest BCUT2D eigenvalue weighted by Gasteiger charge is 2.23. The fraction of sp³-hybridized carbons (Fsp3) is 0.222. The van der Waals surface area contributed by atoms with Crippen LogP contribution in [0.25, 0.3) is 0 Å². The highest BCUT2D eigenvalue weighted by molar-refractivity contribution is 9.10. The van der Waals surface area contributed by atoms with Crippen LogP contribution in [0.1, 0.15) is 10.4 Å². The lowest BCUT2D eigenvalue weighted by atomic mass is 10.2. The second-order valence-electron chi connectivity index (χ2n) is 5.72. The van der Waals surface area contributed by atoms with Crippen molar-refractivity contribution in [2.75, 3.05) is 32.5 Å². The number of methoxy groups -OCH3 is 2. The minimum absolute atomic E-state index is 0.0804. The molecule has 0 radical (unpaired) electrons. The standard InChI is InChI=1S/C18H19BrN2O6S/c1-21(11-17(22)27-3)18(23)12-4-9-15(26-2)16(10-12)28(24,25)20-14-7-5-13(19)6-8-14/h4-10,20H,11H2,1-3H3. The molecule has 0 atom stereocenters. The van der Waals surface area contributed by atoms with Crippen LogP contribution in [0.4, 0.5) is 5.69 Å². The molecule has 2 rings (SSSR count). The van der Waals surface area contributed by atoms with Crippen molar-refractivity contribution in [3.63, 3.8) is 0 Å². The third-order valence-corrected chi connectivity index (χ3v) is 5.67. The van der Waals surface area contributed by atoms with E-state index in [1.807, 2.05) is 0 Å². The first-order valence-electron chi connectivity index (χ1n) is 7.96. The summed E-state index contributed by atoms with van der Waals surface area (Å²) in [5.41, 5.74) is 0.438. The predicted molar refractivity (Wildman–Crippen MR) is 107 cm³/mol. The average molecular weight is 471 g/mol. The zero-order valence-corrected chi connectivity index (χ0v) is 17.8. The summed E-state index contributed by atoms with van der Waals surface area (Å²) in [5.74, 6) is -1.04. The number of esters is 1. The van der Waals surface area contributed by atoms with Crippen molar-refractivity contribution in [3.05, 3.63) is 52.5 Å². The van der Waals surface area contributed by atoms with E-state index in [9.17, 15) is 18.0 Å². The van der Waals surface area contributed by atoms with Crippen molar-refractivity contribution in [2.24, 2.45) is 0 Å². The maximum Gasteiger partial charge on any atom is 0.325 e. The maximum absolute atomic E-state index is 12.8. The van der Waals surface area contributed by atoms with Gasteiger partial charge in [0.1, 0.15) is 17.2 Å². The largest absolute Gasteiger partial charge is 0.495 e. The molecule has 0 bridgehead atoms.